The fraction of sp³-hybridized carbons (Fsp3) is 0. The normalized spacial score (nSPS) is 11.2. The number of hydrogen-bond donors (Lipinski definition) is 0. The van der Waals surface area contributed by atoms with Crippen LogP contribution in [0, 0.1) is 20.2 Å². The Morgan fingerprint density at radius 3 is 2.29 bits per heavy atom. The van der Waals surface area contributed by atoms with Gasteiger partial charge in [0.1, 0.15) is 0 Å². The Morgan fingerprint density at radius 2 is 1.71 bits per heavy atom. The van der Waals surface area contributed by atoms with Crippen LogP contribution < -0.4 is 0 Å². The SMILES string of the molecule is O=[N+]([O-])C(=Cc1cc([N+](=O)[O-])ccc1Cl)c1ccccc1. The smallest absolute Gasteiger partial charge is 0.258 e. The third kappa shape index (κ3) is 3.43. The Bertz CT molecular complexity index is 729. The number of rotatable bonds is 4. The van der Waals surface area contributed by atoms with Gasteiger partial charge in [-0.2, -0.15) is 0 Å². The van der Waals surface area contributed by atoms with Gasteiger partial charge in [0.2, 0.25) is 0 Å². The monoisotopic (exact) mass is 304 g/mol. The van der Waals surface area contributed by atoms with Gasteiger partial charge >= 0.3 is 0 Å². The predicted molar refractivity (Wildman–Crippen MR) is 79.4 cm³/mol. The first-order chi connectivity index (χ1) is 9.99. The van der Waals surface area contributed by atoms with Crippen LogP contribution in [0.4, 0.5) is 5.69 Å². The molecule has 0 bridgehead atoms. The molecule has 7 heteroatoms. The molecule has 0 amide bonds. The molecule has 0 atom stereocenters. The van der Waals surface area contributed by atoms with Gasteiger partial charge in [0.25, 0.3) is 11.4 Å². The van der Waals surface area contributed by atoms with Crippen LogP contribution in [0.3, 0.4) is 0 Å². The first kappa shape index (κ1) is 14.7. The van der Waals surface area contributed by atoms with Gasteiger partial charge < -0.3 is 0 Å². The molecular formula is C14H9ClN2O4. The molecule has 0 aliphatic heterocycles. The molecule has 0 heterocycles. The second-order valence-electron chi connectivity index (χ2n) is 4.12. The predicted octanol–water partition coefficient (Wildman–Crippen LogP) is 4.02. The van der Waals surface area contributed by atoms with E-state index in [1.54, 1.807) is 30.3 Å². The minimum Gasteiger partial charge on any atom is -0.258 e. The van der Waals surface area contributed by atoms with Gasteiger partial charge in [0, 0.05) is 28.8 Å². The van der Waals surface area contributed by atoms with E-state index in [1.807, 2.05) is 0 Å². The molecule has 2 rings (SSSR count). The van der Waals surface area contributed by atoms with Crippen LogP contribution in [-0.4, -0.2) is 9.85 Å². The molecule has 0 aromatic heterocycles. The van der Waals surface area contributed by atoms with Gasteiger partial charge in [-0.15, -0.1) is 0 Å². The number of halogens is 1. The first-order valence-electron chi connectivity index (χ1n) is 5.84. The Balaban J connectivity index is 2.56. The van der Waals surface area contributed by atoms with Gasteiger partial charge in [-0.1, -0.05) is 29.8 Å². The minimum absolute atomic E-state index is 0.179. The van der Waals surface area contributed by atoms with Crippen LogP contribution in [0.5, 0.6) is 0 Å². The summed E-state index contributed by atoms with van der Waals surface area (Å²) in [6, 6.07) is 12.0. The van der Waals surface area contributed by atoms with E-state index >= 15 is 0 Å². The van der Waals surface area contributed by atoms with Crippen molar-refractivity contribution in [3.63, 3.8) is 0 Å². The van der Waals surface area contributed by atoms with Gasteiger partial charge in [-0.25, -0.2) is 0 Å². The zero-order valence-electron chi connectivity index (χ0n) is 10.6. The Hall–Kier alpha value is -2.73. The van der Waals surface area contributed by atoms with Crippen molar-refractivity contribution >= 4 is 29.1 Å². The van der Waals surface area contributed by atoms with E-state index in [0.717, 1.165) is 0 Å². The maximum absolute atomic E-state index is 11.2. The average molecular weight is 305 g/mol. The molecule has 0 radical (unpaired) electrons. The summed E-state index contributed by atoms with van der Waals surface area (Å²) in [5.74, 6) is 0. The highest BCUT2D eigenvalue weighted by molar-refractivity contribution is 6.32. The van der Waals surface area contributed by atoms with E-state index < -0.39 is 9.85 Å². The quantitative estimate of drug-likeness (QED) is 0.485. The molecule has 6 nitrogen and oxygen atoms in total. The van der Waals surface area contributed by atoms with E-state index in [4.69, 9.17) is 11.6 Å². The molecule has 106 valence electrons. The number of nitro groups is 2. The van der Waals surface area contributed by atoms with Gasteiger partial charge in [-0.3, -0.25) is 20.2 Å². The molecule has 0 fully saturated rings. The average Bonchev–Trinajstić information content (AvgIpc) is 2.46. The van der Waals surface area contributed by atoms with Crippen molar-refractivity contribution in [3.8, 4) is 0 Å². The molecule has 0 saturated heterocycles. The Labute approximate surface area is 124 Å². The van der Waals surface area contributed by atoms with Crippen LogP contribution in [-0.2, 0) is 0 Å². The number of benzene rings is 2. The minimum atomic E-state index is -0.581. The second-order valence-corrected chi connectivity index (χ2v) is 4.52. The highest BCUT2D eigenvalue weighted by Gasteiger charge is 2.16. The van der Waals surface area contributed by atoms with Crippen LogP contribution in [0.1, 0.15) is 11.1 Å². The van der Waals surface area contributed by atoms with E-state index in [-0.39, 0.29) is 22.0 Å². The lowest BCUT2D eigenvalue weighted by Gasteiger charge is -2.01. The van der Waals surface area contributed by atoms with Crippen LogP contribution >= 0.6 is 11.6 Å². The topological polar surface area (TPSA) is 86.3 Å². The Kier molecular flexibility index (Phi) is 4.30. The summed E-state index contributed by atoms with van der Waals surface area (Å²) in [5, 5.41) is 22.2. The van der Waals surface area contributed by atoms with Gasteiger partial charge in [0.05, 0.1) is 15.4 Å². The molecule has 0 spiro atoms. The standard InChI is InChI=1S/C14H9ClN2O4/c15-13-7-6-12(16(18)19)8-11(13)9-14(17(20)21)10-4-2-1-3-5-10/h1-9H. The second kappa shape index (κ2) is 6.15. The van der Waals surface area contributed by atoms with E-state index in [0.29, 0.717) is 5.56 Å². The third-order valence-corrected chi connectivity index (χ3v) is 3.09. The molecule has 0 aliphatic rings. The molecule has 0 unspecified atom stereocenters. The van der Waals surface area contributed by atoms with E-state index in [1.165, 1.54) is 24.3 Å². The van der Waals surface area contributed by atoms with Gasteiger partial charge in [-0.05, 0) is 18.2 Å². The number of non-ortho nitro benzene ring substituents is 1. The van der Waals surface area contributed by atoms with Crippen LogP contribution in [0.15, 0.2) is 48.5 Å². The number of nitro benzene ring substituents is 1. The molecule has 2 aromatic carbocycles. The van der Waals surface area contributed by atoms with Crippen molar-refractivity contribution in [2.45, 2.75) is 0 Å². The molecule has 0 N–H and O–H groups in total. The largest absolute Gasteiger partial charge is 0.277 e. The van der Waals surface area contributed by atoms with Crippen molar-refractivity contribution in [2.75, 3.05) is 0 Å². The van der Waals surface area contributed by atoms with Crippen molar-refractivity contribution in [3.05, 3.63) is 84.9 Å². The van der Waals surface area contributed by atoms with Crippen LogP contribution in [0.2, 0.25) is 5.02 Å². The number of nitrogens with zero attached hydrogens (tertiary/aromatic N) is 2. The fourth-order valence-corrected chi connectivity index (χ4v) is 1.93. The summed E-state index contributed by atoms with van der Waals surface area (Å²) < 4.78 is 0. The lowest BCUT2D eigenvalue weighted by Crippen LogP contribution is -1.98. The highest BCUT2D eigenvalue weighted by atomic mass is 35.5. The summed E-state index contributed by atoms with van der Waals surface area (Å²) >= 11 is 5.95. The molecule has 0 saturated carbocycles. The van der Waals surface area contributed by atoms with Crippen molar-refractivity contribution < 1.29 is 9.85 Å². The maximum Gasteiger partial charge on any atom is 0.277 e. The zero-order valence-corrected chi connectivity index (χ0v) is 11.4. The fourth-order valence-electron chi connectivity index (χ4n) is 1.75. The van der Waals surface area contributed by atoms with Crippen LogP contribution in [0.25, 0.3) is 11.8 Å². The highest BCUT2D eigenvalue weighted by Crippen LogP contribution is 2.27. The summed E-state index contributed by atoms with van der Waals surface area (Å²) in [6.45, 7) is 0. The first-order valence-corrected chi connectivity index (χ1v) is 6.22. The molecule has 2 aromatic rings. The molecule has 0 aliphatic carbocycles. The lowest BCUT2D eigenvalue weighted by atomic mass is 10.1. The molecule has 21 heavy (non-hydrogen) atoms. The summed E-state index contributed by atoms with van der Waals surface area (Å²) in [6.07, 6.45) is 1.23. The Morgan fingerprint density at radius 1 is 1.05 bits per heavy atom. The van der Waals surface area contributed by atoms with Gasteiger partial charge in [0.15, 0.2) is 0 Å². The summed E-state index contributed by atoms with van der Waals surface area (Å²) in [7, 11) is 0. The summed E-state index contributed by atoms with van der Waals surface area (Å²) in [4.78, 5) is 20.8. The lowest BCUT2D eigenvalue weighted by molar-refractivity contribution is -0.384. The number of hydrogen-bond acceptors (Lipinski definition) is 4. The van der Waals surface area contributed by atoms with Crippen molar-refractivity contribution in [1.29, 1.82) is 0 Å². The van der Waals surface area contributed by atoms with Crippen molar-refractivity contribution in [1.82, 2.24) is 0 Å². The van der Waals surface area contributed by atoms with E-state index in [2.05, 4.69) is 0 Å². The maximum atomic E-state index is 11.2. The van der Waals surface area contributed by atoms with Crippen molar-refractivity contribution in [2.24, 2.45) is 0 Å². The zero-order chi connectivity index (χ0) is 15.4. The summed E-state index contributed by atoms with van der Waals surface area (Å²) in [5.41, 5.74) is 0.255. The molecular weight excluding hydrogens is 296 g/mol. The third-order valence-electron chi connectivity index (χ3n) is 2.75. The van der Waals surface area contributed by atoms with E-state index in [9.17, 15) is 20.2 Å².